The minimum Gasteiger partial charge on any atom is -0.0873 e. The van der Waals surface area contributed by atoms with Gasteiger partial charge in [-0.25, -0.2) is 0 Å². The Morgan fingerprint density at radius 1 is 0.722 bits per heavy atom. The largest absolute Gasteiger partial charge is 0.0873 e. The first-order chi connectivity index (χ1) is 8.93. The summed E-state index contributed by atoms with van der Waals surface area (Å²) in [6.45, 7) is 0. The maximum Gasteiger partial charge on any atom is 0.00238 e. The van der Waals surface area contributed by atoms with Gasteiger partial charge < -0.3 is 0 Å². The first-order valence-corrected chi connectivity index (χ1v) is 6.70. The summed E-state index contributed by atoms with van der Waals surface area (Å²) in [5, 5.41) is 0. The summed E-state index contributed by atoms with van der Waals surface area (Å²) in [6.07, 6.45) is 7.12. The summed E-state index contributed by atoms with van der Waals surface area (Å²) in [7, 11) is 0. The lowest BCUT2D eigenvalue weighted by molar-refractivity contribution is 0.566. The molecule has 0 bridgehead atoms. The van der Waals surface area contributed by atoms with Crippen molar-refractivity contribution >= 4 is 0 Å². The van der Waals surface area contributed by atoms with E-state index in [0.29, 0.717) is 11.8 Å². The molecule has 1 aliphatic carbocycles. The van der Waals surface area contributed by atoms with Crippen molar-refractivity contribution in [2.75, 3.05) is 0 Å². The van der Waals surface area contributed by atoms with Gasteiger partial charge in [-0.1, -0.05) is 72.8 Å². The standard InChI is InChI=1S/C18H18/c1-3-8-15(9-4-1)17-12-7-13-18(14-17)16-10-5-2-6-11-16/h1-12,17-18H,13-14H2/t17-,18+/m1/s1. The Hall–Kier alpha value is -1.82. The number of rotatable bonds is 2. The topological polar surface area (TPSA) is 0 Å². The molecule has 0 heterocycles. The molecular weight excluding hydrogens is 216 g/mol. The Morgan fingerprint density at radius 2 is 1.33 bits per heavy atom. The van der Waals surface area contributed by atoms with E-state index >= 15 is 0 Å². The fourth-order valence-corrected chi connectivity index (χ4v) is 2.83. The van der Waals surface area contributed by atoms with E-state index in [1.165, 1.54) is 24.0 Å². The summed E-state index contributed by atoms with van der Waals surface area (Å²) in [4.78, 5) is 0. The molecule has 0 amide bonds. The van der Waals surface area contributed by atoms with Crippen LogP contribution in [0.3, 0.4) is 0 Å². The van der Waals surface area contributed by atoms with Crippen molar-refractivity contribution in [1.82, 2.24) is 0 Å². The highest BCUT2D eigenvalue weighted by molar-refractivity contribution is 5.29. The van der Waals surface area contributed by atoms with Crippen LogP contribution in [0.1, 0.15) is 35.8 Å². The van der Waals surface area contributed by atoms with Gasteiger partial charge in [0.25, 0.3) is 0 Å². The van der Waals surface area contributed by atoms with Gasteiger partial charge in [0.05, 0.1) is 0 Å². The van der Waals surface area contributed by atoms with Crippen LogP contribution in [0.5, 0.6) is 0 Å². The van der Waals surface area contributed by atoms with Crippen molar-refractivity contribution in [2.45, 2.75) is 24.7 Å². The molecule has 3 rings (SSSR count). The molecule has 0 aromatic heterocycles. The monoisotopic (exact) mass is 234 g/mol. The van der Waals surface area contributed by atoms with Crippen molar-refractivity contribution in [1.29, 1.82) is 0 Å². The molecule has 1 aliphatic rings. The van der Waals surface area contributed by atoms with Gasteiger partial charge in [-0.05, 0) is 29.9 Å². The second-order valence-corrected chi connectivity index (χ2v) is 5.02. The molecule has 90 valence electrons. The van der Waals surface area contributed by atoms with Gasteiger partial charge in [0.1, 0.15) is 0 Å². The Bertz CT molecular complexity index is 510. The van der Waals surface area contributed by atoms with Crippen LogP contribution >= 0.6 is 0 Å². The Balaban J connectivity index is 1.81. The lowest BCUT2D eigenvalue weighted by Crippen LogP contribution is -2.08. The average molecular weight is 234 g/mol. The summed E-state index contributed by atoms with van der Waals surface area (Å²) < 4.78 is 0. The van der Waals surface area contributed by atoms with Gasteiger partial charge in [-0.15, -0.1) is 0 Å². The lowest BCUT2D eigenvalue weighted by atomic mass is 9.79. The van der Waals surface area contributed by atoms with E-state index in [1.807, 2.05) is 0 Å². The number of allylic oxidation sites excluding steroid dienone is 2. The number of benzene rings is 2. The molecule has 2 aromatic rings. The molecule has 2 atom stereocenters. The molecule has 0 aliphatic heterocycles. The van der Waals surface area contributed by atoms with E-state index < -0.39 is 0 Å². The maximum atomic E-state index is 2.37. The normalized spacial score (nSPS) is 22.9. The van der Waals surface area contributed by atoms with E-state index in [1.54, 1.807) is 0 Å². The fourth-order valence-electron chi connectivity index (χ4n) is 2.83. The van der Waals surface area contributed by atoms with Crippen molar-refractivity contribution < 1.29 is 0 Å². The van der Waals surface area contributed by atoms with Crippen LogP contribution in [0, 0.1) is 0 Å². The molecule has 18 heavy (non-hydrogen) atoms. The smallest absolute Gasteiger partial charge is 0.00238 e. The van der Waals surface area contributed by atoms with E-state index in [4.69, 9.17) is 0 Å². The molecule has 0 saturated carbocycles. The zero-order chi connectivity index (χ0) is 12.2. The van der Waals surface area contributed by atoms with Gasteiger partial charge in [0.2, 0.25) is 0 Å². The van der Waals surface area contributed by atoms with Crippen LogP contribution in [-0.4, -0.2) is 0 Å². The summed E-state index contributed by atoms with van der Waals surface area (Å²) >= 11 is 0. The third kappa shape index (κ3) is 2.38. The van der Waals surface area contributed by atoms with E-state index in [-0.39, 0.29) is 0 Å². The Kier molecular flexibility index (Phi) is 3.27. The third-order valence-corrected chi connectivity index (χ3v) is 3.83. The minimum absolute atomic E-state index is 0.574. The first-order valence-electron chi connectivity index (χ1n) is 6.70. The zero-order valence-corrected chi connectivity index (χ0v) is 10.5. The van der Waals surface area contributed by atoms with E-state index in [0.717, 1.165) is 0 Å². The fraction of sp³-hybridized carbons (Fsp3) is 0.222. The summed E-state index contributed by atoms with van der Waals surface area (Å²) in [5.41, 5.74) is 2.91. The molecule has 2 aromatic carbocycles. The van der Waals surface area contributed by atoms with E-state index in [2.05, 4.69) is 72.8 Å². The van der Waals surface area contributed by atoms with Gasteiger partial charge in [-0.3, -0.25) is 0 Å². The summed E-state index contributed by atoms with van der Waals surface area (Å²) in [5.74, 6) is 1.24. The minimum atomic E-state index is 0.574. The quantitative estimate of drug-likeness (QED) is 0.648. The van der Waals surface area contributed by atoms with Gasteiger partial charge in [-0.2, -0.15) is 0 Å². The average Bonchev–Trinajstić information content (AvgIpc) is 2.49. The van der Waals surface area contributed by atoms with Crippen LogP contribution < -0.4 is 0 Å². The molecule has 0 N–H and O–H groups in total. The van der Waals surface area contributed by atoms with Crippen molar-refractivity contribution in [2.24, 2.45) is 0 Å². The highest BCUT2D eigenvalue weighted by atomic mass is 14.2. The molecule has 0 radical (unpaired) electrons. The van der Waals surface area contributed by atoms with Crippen molar-refractivity contribution in [3.63, 3.8) is 0 Å². The van der Waals surface area contributed by atoms with Gasteiger partial charge >= 0.3 is 0 Å². The van der Waals surface area contributed by atoms with Crippen molar-refractivity contribution in [3.05, 3.63) is 83.9 Å². The maximum absolute atomic E-state index is 2.37. The van der Waals surface area contributed by atoms with Crippen LogP contribution in [0.4, 0.5) is 0 Å². The lowest BCUT2D eigenvalue weighted by Gasteiger charge is -2.25. The Morgan fingerprint density at radius 3 is 2.00 bits per heavy atom. The highest BCUT2D eigenvalue weighted by Crippen LogP contribution is 2.36. The third-order valence-electron chi connectivity index (χ3n) is 3.83. The summed E-state index contributed by atoms with van der Waals surface area (Å²) in [6, 6.07) is 21.7. The van der Waals surface area contributed by atoms with E-state index in [9.17, 15) is 0 Å². The van der Waals surface area contributed by atoms with Crippen LogP contribution in [-0.2, 0) is 0 Å². The molecule has 0 fully saturated rings. The first kappa shape index (κ1) is 11.3. The van der Waals surface area contributed by atoms with Gasteiger partial charge in [0, 0.05) is 5.92 Å². The second kappa shape index (κ2) is 5.22. The highest BCUT2D eigenvalue weighted by Gasteiger charge is 2.20. The molecule has 0 saturated heterocycles. The van der Waals surface area contributed by atoms with Crippen LogP contribution in [0.2, 0.25) is 0 Å². The second-order valence-electron chi connectivity index (χ2n) is 5.02. The van der Waals surface area contributed by atoms with Gasteiger partial charge in [0.15, 0.2) is 0 Å². The predicted octanol–water partition coefficient (Wildman–Crippen LogP) is 4.90. The number of hydrogen-bond donors (Lipinski definition) is 0. The molecule has 0 spiro atoms. The molecule has 0 nitrogen and oxygen atoms in total. The van der Waals surface area contributed by atoms with Crippen molar-refractivity contribution in [3.8, 4) is 0 Å². The molecule has 0 heteroatoms. The SMILES string of the molecule is C1=C[C@@H](c2ccccc2)C[C@@H](c2ccccc2)C1. The van der Waals surface area contributed by atoms with Crippen LogP contribution in [0.15, 0.2) is 72.8 Å². The Labute approximate surface area is 109 Å². The molecular formula is C18H18. The molecule has 0 unspecified atom stereocenters. The number of hydrogen-bond acceptors (Lipinski definition) is 0. The zero-order valence-electron chi connectivity index (χ0n) is 10.5. The predicted molar refractivity (Wildman–Crippen MR) is 76.7 cm³/mol. The van der Waals surface area contributed by atoms with Crippen LogP contribution in [0.25, 0.3) is 0 Å².